The minimum atomic E-state index is 0.750. The van der Waals surface area contributed by atoms with E-state index < -0.39 is 0 Å². The zero-order chi connectivity index (χ0) is 14.2. The molecule has 1 aromatic heterocycles. The van der Waals surface area contributed by atoms with Gasteiger partial charge in [-0.3, -0.25) is 0 Å². The number of ether oxygens (including phenoxy) is 1. The summed E-state index contributed by atoms with van der Waals surface area (Å²) >= 11 is 0. The van der Waals surface area contributed by atoms with E-state index in [1.807, 2.05) is 0 Å². The molecule has 0 atom stereocenters. The number of nitrogens with two attached hydrogens (primary N) is 1. The summed E-state index contributed by atoms with van der Waals surface area (Å²) in [5.74, 6) is 0. The second-order valence-corrected chi connectivity index (χ2v) is 5.22. The Morgan fingerprint density at radius 2 is 2.00 bits per heavy atom. The molecule has 0 fully saturated rings. The van der Waals surface area contributed by atoms with Crippen molar-refractivity contribution in [3.8, 4) is 0 Å². The van der Waals surface area contributed by atoms with Crippen molar-refractivity contribution < 1.29 is 4.74 Å². The van der Waals surface area contributed by atoms with Crippen molar-refractivity contribution in [2.45, 2.75) is 39.2 Å². The summed E-state index contributed by atoms with van der Waals surface area (Å²) in [6.45, 7) is 5.52. The molecule has 1 heterocycles. The number of unbranched alkanes of at least 4 members (excludes halogenated alkanes) is 1. The average Bonchev–Trinajstić information content (AvgIpc) is 2.83. The van der Waals surface area contributed by atoms with Gasteiger partial charge in [-0.2, -0.15) is 0 Å². The van der Waals surface area contributed by atoms with Crippen LogP contribution in [0.5, 0.6) is 0 Å². The number of hydrogen-bond donors (Lipinski definition) is 1. The second kappa shape index (κ2) is 8.08. The third-order valence-corrected chi connectivity index (χ3v) is 3.64. The van der Waals surface area contributed by atoms with Crippen molar-refractivity contribution in [3.63, 3.8) is 0 Å². The first kappa shape index (κ1) is 15.1. The fourth-order valence-electron chi connectivity index (χ4n) is 2.51. The summed E-state index contributed by atoms with van der Waals surface area (Å²) in [6, 6.07) is 8.60. The van der Waals surface area contributed by atoms with Gasteiger partial charge in [0.05, 0.1) is 6.61 Å². The van der Waals surface area contributed by atoms with Crippen LogP contribution in [0.1, 0.15) is 31.7 Å². The SMILES string of the molecule is CCCCOCCn1cc(CCCN)c2ccccc21. The van der Waals surface area contributed by atoms with Gasteiger partial charge in [0.25, 0.3) is 0 Å². The van der Waals surface area contributed by atoms with E-state index in [0.29, 0.717) is 0 Å². The Morgan fingerprint density at radius 3 is 2.80 bits per heavy atom. The first-order valence-electron chi connectivity index (χ1n) is 7.71. The van der Waals surface area contributed by atoms with E-state index in [2.05, 4.69) is 42.0 Å². The molecule has 0 aliphatic carbocycles. The largest absolute Gasteiger partial charge is 0.380 e. The quantitative estimate of drug-likeness (QED) is 0.712. The monoisotopic (exact) mass is 274 g/mol. The van der Waals surface area contributed by atoms with Crippen molar-refractivity contribution in [1.82, 2.24) is 4.57 Å². The number of benzene rings is 1. The Balaban J connectivity index is 2.04. The summed E-state index contributed by atoms with van der Waals surface area (Å²) in [6.07, 6.45) is 6.70. The fraction of sp³-hybridized carbons (Fsp3) is 0.529. The lowest BCUT2D eigenvalue weighted by molar-refractivity contribution is 0.124. The minimum absolute atomic E-state index is 0.750. The van der Waals surface area contributed by atoms with E-state index in [0.717, 1.165) is 45.6 Å². The molecule has 3 heteroatoms. The molecule has 0 saturated carbocycles. The molecule has 2 aromatic rings. The molecular formula is C17H26N2O. The van der Waals surface area contributed by atoms with Gasteiger partial charge < -0.3 is 15.0 Å². The molecule has 0 aliphatic heterocycles. The molecule has 3 nitrogen and oxygen atoms in total. The fourth-order valence-corrected chi connectivity index (χ4v) is 2.51. The average molecular weight is 274 g/mol. The van der Waals surface area contributed by atoms with Gasteiger partial charge in [0.1, 0.15) is 0 Å². The summed E-state index contributed by atoms with van der Waals surface area (Å²) in [7, 11) is 0. The zero-order valence-electron chi connectivity index (χ0n) is 12.5. The van der Waals surface area contributed by atoms with Gasteiger partial charge in [-0.1, -0.05) is 31.5 Å². The van der Waals surface area contributed by atoms with E-state index in [4.69, 9.17) is 10.5 Å². The topological polar surface area (TPSA) is 40.2 Å². The molecule has 0 unspecified atom stereocenters. The molecule has 0 radical (unpaired) electrons. The van der Waals surface area contributed by atoms with E-state index in [9.17, 15) is 0 Å². The van der Waals surface area contributed by atoms with Gasteiger partial charge >= 0.3 is 0 Å². The predicted molar refractivity (Wildman–Crippen MR) is 85.0 cm³/mol. The Bertz CT molecular complexity index is 519. The van der Waals surface area contributed by atoms with Crippen LogP contribution in [-0.4, -0.2) is 24.3 Å². The van der Waals surface area contributed by atoms with Gasteiger partial charge in [0, 0.05) is 30.3 Å². The van der Waals surface area contributed by atoms with E-state index in [1.165, 1.54) is 22.9 Å². The van der Waals surface area contributed by atoms with Crippen LogP contribution in [-0.2, 0) is 17.7 Å². The number of fused-ring (bicyclic) bond motifs is 1. The first-order valence-corrected chi connectivity index (χ1v) is 7.71. The normalized spacial score (nSPS) is 11.3. The summed E-state index contributed by atoms with van der Waals surface area (Å²) < 4.78 is 7.99. The van der Waals surface area contributed by atoms with Crippen molar-refractivity contribution in [2.24, 2.45) is 5.73 Å². The minimum Gasteiger partial charge on any atom is -0.380 e. The highest BCUT2D eigenvalue weighted by Crippen LogP contribution is 2.22. The lowest BCUT2D eigenvalue weighted by atomic mass is 10.1. The van der Waals surface area contributed by atoms with Crippen LogP contribution in [0.4, 0.5) is 0 Å². The van der Waals surface area contributed by atoms with Gasteiger partial charge in [-0.15, -0.1) is 0 Å². The third kappa shape index (κ3) is 3.84. The van der Waals surface area contributed by atoms with E-state index in [1.54, 1.807) is 0 Å². The van der Waals surface area contributed by atoms with Crippen molar-refractivity contribution in [3.05, 3.63) is 36.0 Å². The molecule has 0 saturated heterocycles. The van der Waals surface area contributed by atoms with Crippen LogP contribution < -0.4 is 5.73 Å². The Hall–Kier alpha value is -1.32. The van der Waals surface area contributed by atoms with Crippen LogP contribution in [0.2, 0.25) is 0 Å². The third-order valence-electron chi connectivity index (χ3n) is 3.64. The summed E-state index contributed by atoms with van der Waals surface area (Å²) in [5.41, 5.74) is 8.33. The molecule has 0 amide bonds. The van der Waals surface area contributed by atoms with Crippen molar-refractivity contribution in [1.29, 1.82) is 0 Å². The Labute approximate surface area is 121 Å². The highest BCUT2D eigenvalue weighted by Gasteiger charge is 2.07. The van der Waals surface area contributed by atoms with Crippen LogP contribution >= 0.6 is 0 Å². The van der Waals surface area contributed by atoms with Crippen LogP contribution in [0, 0.1) is 0 Å². The summed E-state index contributed by atoms with van der Waals surface area (Å²) in [5, 5.41) is 1.36. The molecule has 20 heavy (non-hydrogen) atoms. The van der Waals surface area contributed by atoms with Crippen LogP contribution in [0.15, 0.2) is 30.5 Å². The second-order valence-electron chi connectivity index (χ2n) is 5.22. The predicted octanol–water partition coefficient (Wildman–Crippen LogP) is 3.35. The van der Waals surface area contributed by atoms with Gasteiger partial charge in [-0.05, 0) is 37.4 Å². The number of nitrogens with zero attached hydrogens (tertiary/aromatic N) is 1. The summed E-state index contributed by atoms with van der Waals surface area (Å²) in [4.78, 5) is 0. The lowest BCUT2D eigenvalue weighted by Gasteiger charge is -2.06. The molecule has 2 N–H and O–H groups in total. The van der Waals surface area contributed by atoms with Gasteiger partial charge in [0.2, 0.25) is 0 Å². The number of rotatable bonds is 9. The molecule has 1 aromatic carbocycles. The molecule has 0 bridgehead atoms. The highest BCUT2D eigenvalue weighted by atomic mass is 16.5. The Kier molecular flexibility index (Phi) is 6.09. The molecule has 0 aliphatic rings. The maximum Gasteiger partial charge on any atom is 0.0645 e. The maximum atomic E-state index is 5.68. The first-order chi connectivity index (χ1) is 9.86. The van der Waals surface area contributed by atoms with E-state index in [-0.39, 0.29) is 0 Å². The van der Waals surface area contributed by atoms with Crippen molar-refractivity contribution in [2.75, 3.05) is 19.8 Å². The molecule has 2 rings (SSSR count). The number of hydrogen-bond acceptors (Lipinski definition) is 2. The lowest BCUT2D eigenvalue weighted by Crippen LogP contribution is -2.05. The highest BCUT2D eigenvalue weighted by molar-refractivity contribution is 5.83. The van der Waals surface area contributed by atoms with E-state index >= 15 is 0 Å². The standard InChI is InChI=1S/C17H26N2O/c1-2-3-12-20-13-11-19-14-15(7-6-10-18)16-8-4-5-9-17(16)19/h4-5,8-9,14H,2-3,6-7,10-13,18H2,1H3. The van der Waals surface area contributed by atoms with Gasteiger partial charge in [-0.25, -0.2) is 0 Å². The number of aromatic nitrogens is 1. The van der Waals surface area contributed by atoms with Crippen molar-refractivity contribution >= 4 is 10.9 Å². The van der Waals surface area contributed by atoms with Crippen LogP contribution in [0.25, 0.3) is 10.9 Å². The number of para-hydroxylation sites is 1. The maximum absolute atomic E-state index is 5.68. The smallest absolute Gasteiger partial charge is 0.0645 e. The van der Waals surface area contributed by atoms with Crippen LogP contribution in [0.3, 0.4) is 0 Å². The molecule has 0 spiro atoms. The Morgan fingerprint density at radius 1 is 1.15 bits per heavy atom. The zero-order valence-corrected chi connectivity index (χ0v) is 12.5. The molecule has 110 valence electrons. The van der Waals surface area contributed by atoms with Gasteiger partial charge in [0.15, 0.2) is 0 Å². The number of aryl methyl sites for hydroxylation is 1. The molecular weight excluding hydrogens is 248 g/mol.